The minimum atomic E-state index is -1.00. The van der Waals surface area contributed by atoms with E-state index in [0.29, 0.717) is 11.4 Å². The number of ether oxygens (including phenoxy) is 1. The summed E-state index contributed by atoms with van der Waals surface area (Å²) >= 11 is 0.999. The van der Waals surface area contributed by atoms with E-state index in [0.717, 1.165) is 30.8 Å². The Morgan fingerprint density at radius 3 is 2.64 bits per heavy atom. The van der Waals surface area contributed by atoms with E-state index in [4.69, 9.17) is 9.84 Å². The van der Waals surface area contributed by atoms with Gasteiger partial charge >= 0.3 is 5.97 Å². The topological polar surface area (TPSA) is 75.6 Å². The van der Waals surface area contributed by atoms with Gasteiger partial charge in [0.05, 0.1) is 11.0 Å². The highest BCUT2D eigenvalue weighted by Crippen LogP contribution is 2.33. The van der Waals surface area contributed by atoms with Crippen molar-refractivity contribution in [2.24, 2.45) is 11.3 Å². The van der Waals surface area contributed by atoms with Gasteiger partial charge in [0.15, 0.2) is 0 Å². The second kappa shape index (κ2) is 6.79. The first-order valence-corrected chi connectivity index (χ1v) is 8.33. The van der Waals surface area contributed by atoms with Crippen LogP contribution >= 0.6 is 11.3 Å². The molecule has 2 rings (SSSR count). The number of amides is 1. The summed E-state index contributed by atoms with van der Waals surface area (Å²) in [6, 6.07) is 3.02. The Balaban J connectivity index is 1.95. The second-order valence-corrected chi connectivity index (χ2v) is 7.82. The molecular weight excluding hydrogens is 302 g/mol. The molecule has 1 fully saturated rings. The first-order valence-electron chi connectivity index (χ1n) is 7.52. The Labute approximate surface area is 134 Å². The van der Waals surface area contributed by atoms with Gasteiger partial charge < -0.3 is 15.2 Å². The maximum absolute atomic E-state index is 12.1. The van der Waals surface area contributed by atoms with Gasteiger partial charge in [0, 0.05) is 19.1 Å². The average molecular weight is 325 g/mol. The van der Waals surface area contributed by atoms with E-state index in [1.165, 1.54) is 6.07 Å². The normalized spacial score (nSPS) is 22.3. The minimum Gasteiger partial charge on any atom is -0.477 e. The molecule has 2 atom stereocenters. The van der Waals surface area contributed by atoms with Crippen LogP contribution in [0.4, 0.5) is 0 Å². The first-order chi connectivity index (χ1) is 10.3. The van der Waals surface area contributed by atoms with Crippen molar-refractivity contribution in [3.8, 4) is 0 Å². The van der Waals surface area contributed by atoms with E-state index in [2.05, 4.69) is 26.1 Å². The molecule has 22 heavy (non-hydrogen) atoms. The lowest BCUT2D eigenvalue weighted by Crippen LogP contribution is -2.45. The molecule has 6 heteroatoms. The lowest BCUT2D eigenvalue weighted by molar-refractivity contribution is -0.0839. The lowest BCUT2D eigenvalue weighted by atomic mass is 9.78. The Hall–Kier alpha value is -1.40. The largest absolute Gasteiger partial charge is 0.477 e. The fraction of sp³-hybridized carbons (Fsp3) is 0.625. The van der Waals surface area contributed by atoms with E-state index in [9.17, 15) is 9.59 Å². The molecule has 1 amide bonds. The Morgan fingerprint density at radius 2 is 2.05 bits per heavy atom. The van der Waals surface area contributed by atoms with E-state index < -0.39 is 5.97 Å². The molecule has 0 aliphatic carbocycles. The molecule has 0 spiro atoms. The van der Waals surface area contributed by atoms with Crippen LogP contribution in [0, 0.1) is 11.3 Å². The van der Waals surface area contributed by atoms with Crippen molar-refractivity contribution >= 4 is 23.2 Å². The third kappa shape index (κ3) is 4.08. The number of thiophene rings is 1. The highest BCUT2D eigenvalue weighted by atomic mass is 32.1. The second-order valence-electron chi connectivity index (χ2n) is 6.74. The van der Waals surface area contributed by atoms with Gasteiger partial charge in [0.2, 0.25) is 0 Å². The third-order valence-corrected chi connectivity index (χ3v) is 4.94. The maximum Gasteiger partial charge on any atom is 0.345 e. The quantitative estimate of drug-likeness (QED) is 0.892. The first kappa shape index (κ1) is 17.0. The monoisotopic (exact) mass is 325 g/mol. The molecule has 2 heterocycles. The van der Waals surface area contributed by atoms with Gasteiger partial charge in [-0.2, -0.15) is 0 Å². The van der Waals surface area contributed by atoms with Crippen LogP contribution in [0.2, 0.25) is 0 Å². The molecule has 2 N–H and O–H groups in total. The number of hydrogen-bond acceptors (Lipinski definition) is 4. The zero-order valence-electron chi connectivity index (χ0n) is 13.2. The number of carboxylic acids is 1. The molecule has 2 unspecified atom stereocenters. The van der Waals surface area contributed by atoms with Gasteiger partial charge in [0.25, 0.3) is 5.91 Å². The van der Waals surface area contributed by atoms with Crippen LogP contribution < -0.4 is 5.32 Å². The molecular formula is C16H23NO4S. The molecule has 1 aliphatic heterocycles. The molecule has 1 aromatic heterocycles. The molecule has 1 aromatic rings. The predicted octanol–water partition coefficient (Wildman–Crippen LogP) is 3.02. The number of carboxylic acid groups (broad SMARTS) is 1. The number of rotatable bonds is 4. The van der Waals surface area contributed by atoms with Gasteiger partial charge in [-0.05, 0) is 30.4 Å². The summed E-state index contributed by atoms with van der Waals surface area (Å²) in [4.78, 5) is 23.6. The number of carbonyl (C=O) groups is 2. The number of nitrogens with one attached hydrogen (secondary N) is 1. The molecule has 0 radical (unpaired) electrons. The molecule has 0 aromatic carbocycles. The predicted molar refractivity (Wildman–Crippen MR) is 85.5 cm³/mol. The van der Waals surface area contributed by atoms with E-state index in [-0.39, 0.29) is 28.2 Å². The Morgan fingerprint density at radius 1 is 1.36 bits per heavy atom. The van der Waals surface area contributed by atoms with Crippen molar-refractivity contribution in [2.45, 2.75) is 39.7 Å². The van der Waals surface area contributed by atoms with Crippen molar-refractivity contribution in [3.05, 3.63) is 21.9 Å². The Kier molecular flexibility index (Phi) is 5.24. The van der Waals surface area contributed by atoms with Crippen molar-refractivity contribution in [1.82, 2.24) is 5.32 Å². The summed E-state index contributed by atoms with van der Waals surface area (Å²) in [5, 5.41) is 11.8. The van der Waals surface area contributed by atoms with Crippen molar-refractivity contribution < 1.29 is 19.4 Å². The summed E-state index contributed by atoms with van der Waals surface area (Å²) < 4.78 is 5.90. The number of aromatic carboxylic acids is 1. The van der Waals surface area contributed by atoms with E-state index in [1.54, 1.807) is 6.07 Å². The van der Waals surface area contributed by atoms with Gasteiger partial charge in [-0.3, -0.25) is 4.79 Å². The standard InChI is InChI=1S/C16H23NO4S/c1-16(2,3)13-10(5-4-8-21-13)9-17-14(18)11-6-7-12(22-11)15(19)20/h6-7,10,13H,4-5,8-9H2,1-3H3,(H,17,18)(H,19,20). The average Bonchev–Trinajstić information content (AvgIpc) is 2.94. The van der Waals surface area contributed by atoms with Crippen molar-refractivity contribution in [3.63, 3.8) is 0 Å². The maximum atomic E-state index is 12.1. The summed E-state index contributed by atoms with van der Waals surface area (Å²) in [5.41, 5.74) is 0.0369. The zero-order chi connectivity index (χ0) is 16.3. The van der Waals surface area contributed by atoms with Crippen LogP contribution in [0.3, 0.4) is 0 Å². The highest BCUT2D eigenvalue weighted by Gasteiger charge is 2.35. The van der Waals surface area contributed by atoms with Crippen LogP contribution in [0.25, 0.3) is 0 Å². The van der Waals surface area contributed by atoms with Gasteiger partial charge in [-0.1, -0.05) is 20.8 Å². The third-order valence-electron chi connectivity index (χ3n) is 3.86. The molecule has 1 saturated heterocycles. The summed E-state index contributed by atoms with van der Waals surface area (Å²) in [7, 11) is 0. The van der Waals surface area contributed by atoms with Gasteiger partial charge in [0.1, 0.15) is 4.88 Å². The van der Waals surface area contributed by atoms with Gasteiger partial charge in [-0.25, -0.2) is 4.79 Å². The summed E-state index contributed by atoms with van der Waals surface area (Å²) in [6.07, 6.45) is 2.17. The molecule has 5 nitrogen and oxygen atoms in total. The van der Waals surface area contributed by atoms with Crippen molar-refractivity contribution in [2.75, 3.05) is 13.2 Å². The molecule has 1 aliphatic rings. The van der Waals surface area contributed by atoms with Gasteiger partial charge in [-0.15, -0.1) is 11.3 Å². The van der Waals surface area contributed by atoms with Crippen molar-refractivity contribution in [1.29, 1.82) is 0 Å². The van der Waals surface area contributed by atoms with Crippen LogP contribution in [0.1, 0.15) is 53.0 Å². The van der Waals surface area contributed by atoms with Crippen LogP contribution in [0.5, 0.6) is 0 Å². The highest BCUT2D eigenvalue weighted by molar-refractivity contribution is 7.15. The number of hydrogen-bond donors (Lipinski definition) is 2. The fourth-order valence-electron chi connectivity index (χ4n) is 2.90. The lowest BCUT2D eigenvalue weighted by Gasteiger charge is -2.40. The SMILES string of the molecule is CC(C)(C)C1OCCCC1CNC(=O)c1ccc(C(=O)O)s1. The van der Waals surface area contributed by atoms with Crippen LogP contribution in [-0.4, -0.2) is 36.2 Å². The molecule has 0 bridgehead atoms. The summed E-state index contributed by atoms with van der Waals surface area (Å²) in [6.45, 7) is 7.78. The zero-order valence-corrected chi connectivity index (χ0v) is 14.0. The number of carbonyl (C=O) groups excluding carboxylic acids is 1. The fourth-order valence-corrected chi connectivity index (χ4v) is 3.66. The molecule has 122 valence electrons. The molecule has 0 saturated carbocycles. The van der Waals surface area contributed by atoms with E-state index >= 15 is 0 Å². The smallest absolute Gasteiger partial charge is 0.345 e. The summed E-state index contributed by atoms with van der Waals surface area (Å²) in [5.74, 6) is -0.926. The van der Waals surface area contributed by atoms with Crippen LogP contribution in [0.15, 0.2) is 12.1 Å². The van der Waals surface area contributed by atoms with E-state index in [1.807, 2.05) is 0 Å². The van der Waals surface area contributed by atoms with Crippen LogP contribution in [-0.2, 0) is 4.74 Å². The minimum absolute atomic E-state index is 0.0369. The Bertz CT molecular complexity index is 547.